The van der Waals surface area contributed by atoms with Crippen molar-refractivity contribution < 1.29 is 0 Å². The number of nitrogens with zero attached hydrogens (tertiary/aromatic N) is 5. The molecule has 568 valence electrons. The molecule has 0 aliphatic heterocycles. The van der Waals surface area contributed by atoms with Crippen molar-refractivity contribution in [1.29, 1.82) is 0 Å². The smallest absolute Gasteiger partial charge is 0.0476 e. The van der Waals surface area contributed by atoms with E-state index in [1.807, 2.05) is 63.5 Å². The third-order valence-corrected chi connectivity index (χ3v) is 26.5. The number of benzene rings is 18. The second kappa shape index (κ2) is 33.4. The Labute approximate surface area is 715 Å². The van der Waals surface area contributed by atoms with E-state index in [1.54, 1.807) is 0 Å². The molecule has 0 radical (unpaired) electrons. The highest BCUT2D eigenvalue weighted by atomic mass is 79.9. The van der Waals surface area contributed by atoms with Crippen LogP contribution < -0.4 is 29.8 Å². The first kappa shape index (κ1) is 74.0. The molecule has 0 bridgehead atoms. The van der Waals surface area contributed by atoms with E-state index < -0.39 is 0 Å². The Bertz CT molecular complexity index is 6930. The third-order valence-electron chi connectivity index (χ3n) is 21.5. The number of rotatable bonds is 17. The predicted octanol–water partition coefficient (Wildman–Crippen LogP) is 34.4. The average molecular weight is 1670 g/mol. The highest BCUT2D eigenvalue weighted by Gasteiger charge is 2.23. The molecular weight excluding hydrogens is 1590 g/mol. The molecule has 0 atom stereocenters. The van der Waals surface area contributed by atoms with Crippen molar-refractivity contribution in [2.75, 3.05) is 29.8 Å². The number of halogens is 1. The van der Waals surface area contributed by atoms with Gasteiger partial charge in [0.15, 0.2) is 0 Å². The van der Waals surface area contributed by atoms with E-state index in [-0.39, 0.29) is 0 Å². The van der Waals surface area contributed by atoms with E-state index >= 15 is 0 Å². The number of para-hydroxylation sites is 10. The Kier molecular flexibility index (Phi) is 20.8. The molecule has 6 nitrogen and oxygen atoms in total. The molecule has 0 spiro atoms. The van der Waals surface area contributed by atoms with Crippen molar-refractivity contribution in [2.24, 2.45) is 0 Å². The lowest BCUT2D eigenvalue weighted by Gasteiger charge is -2.26. The van der Waals surface area contributed by atoms with Gasteiger partial charge < -0.3 is 29.8 Å². The van der Waals surface area contributed by atoms with E-state index in [0.717, 1.165) is 95.5 Å². The van der Waals surface area contributed by atoms with Gasteiger partial charge in [0, 0.05) is 182 Å². The van der Waals surface area contributed by atoms with Gasteiger partial charge in [-0.15, -0.1) is 45.3 Å². The Balaban J connectivity index is 0.000000127. The first-order valence-electron chi connectivity index (χ1n) is 39.7. The van der Waals surface area contributed by atoms with Crippen LogP contribution in [0.15, 0.2) is 453 Å². The van der Waals surface area contributed by atoms with Crippen molar-refractivity contribution in [3.8, 4) is 0 Å². The van der Waals surface area contributed by atoms with Crippen LogP contribution >= 0.6 is 61.3 Å². The molecule has 1 N–H and O–H groups in total. The van der Waals surface area contributed by atoms with Gasteiger partial charge in [-0.1, -0.05) is 222 Å². The van der Waals surface area contributed by atoms with Crippen molar-refractivity contribution in [3.05, 3.63) is 453 Å². The van der Waals surface area contributed by atoms with Crippen LogP contribution in [0.25, 0.3) is 80.7 Å². The summed E-state index contributed by atoms with van der Waals surface area (Å²) in [6, 6.07) is 160. The number of fused-ring (bicyclic) bond motifs is 12. The molecule has 0 aliphatic rings. The summed E-state index contributed by atoms with van der Waals surface area (Å²) in [5.41, 5.74) is 19.4. The Morgan fingerprint density at radius 1 is 0.151 bits per heavy atom. The van der Waals surface area contributed by atoms with Gasteiger partial charge in [-0.3, -0.25) is 0 Å². The molecule has 0 fully saturated rings. The van der Waals surface area contributed by atoms with Crippen LogP contribution in [-0.2, 0) is 0 Å². The number of thiophene rings is 4. The average Bonchev–Trinajstić information content (AvgIpc) is 1.63. The fourth-order valence-corrected chi connectivity index (χ4v) is 21.0. The first-order chi connectivity index (χ1) is 58.9. The van der Waals surface area contributed by atoms with Gasteiger partial charge in [0.05, 0.1) is 0 Å². The minimum Gasteiger partial charge on any atom is -0.355 e. The number of hydrogen-bond acceptors (Lipinski definition) is 10. The molecule has 0 saturated carbocycles. The Morgan fingerprint density at radius 3 is 0.639 bits per heavy atom. The largest absolute Gasteiger partial charge is 0.355 e. The van der Waals surface area contributed by atoms with Crippen LogP contribution in [0.1, 0.15) is 0 Å². The van der Waals surface area contributed by atoms with Gasteiger partial charge in [-0.25, -0.2) is 0 Å². The van der Waals surface area contributed by atoms with Crippen molar-refractivity contribution >= 4 is 239 Å². The molecule has 0 amide bonds. The zero-order chi connectivity index (χ0) is 79.4. The van der Waals surface area contributed by atoms with E-state index in [0.29, 0.717) is 0 Å². The van der Waals surface area contributed by atoms with Gasteiger partial charge in [0.25, 0.3) is 0 Å². The lowest BCUT2D eigenvalue weighted by Crippen LogP contribution is -2.09. The van der Waals surface area contributed by atoms with Crippen LogP contribution in [0.3, 0.4) is 0 Å². The molecule has 11 heteroatoms. The van der Waals surface area contributed by atoms with E-state index in [2.05, 4.69) is 476 Å². The van der Waals surface area contributed by atoms with Gasteiger partial charge in [0.2, 0.25) is 0 Å². The molecule has 119 heavy (non-hydrogen) atoms. The lowest BCUT2D eigenvalue weighted by atomic mass is 10.1. The highest BCUT2D eigenvalue weighted by molar-refractivity contribution is 9.10. The molecule has 22 rings (SSSR count). The quantitative estimate of drug-likeness (QED) is 0.0977. The van der Waals surface area contributed by atoms with E-state index in [9.17, 15) is 0 Å². The highest BCUT2D eigenvalue weighted by Crippen LogP contribution is 2.49. The third kappa shape index (κ3) is 15.3. The SMILES string of the molecule is Brc1ccc2c(c1)sc1ccc(N(c3ccccc3)c3ccccc3)cc12.c1ccc(N(c2ccc3c(c2)sc2ccc(N(c4ccccc4)c4ccccc4)cc23)c2ccc3c(c2)sc2ccc(N(c4ccccc4)c4ccccc4)cc23)cc1.c1ccc(Nc2ccc3c(c2)sc2ccc(N(c4ccccc4)c4ccccc4)cc23)cc1. The Morgan fingerprint density at radius 2 is 0.361 bits per heavy atom. The summed E-state index contributed by atoms with van der Waals surface area (Å²) in [7, 11) is 0. The molecule has 0 saturated heterocycles. The molecule has 4 aromatic heterocycles. The maximum atomic E-state index is 3.59. The van der Waals surface area contributed by atoms with Gasteiger partial charge >= 0.3 is 0 Å². The van der Waals surface area contributed by atoms with E-state index in [4.69, 9.17) is 0 Å². The minimum absolute atomic E-state index is 1.10. The van der Waals surface area contributed by atoms with Crippen LogP contribution in [0.5, 0.6) is 0 Å². The number of hydrogen-bond donors (Lipinski definition) is 1. The fourth-order valence-electron chi connectivity index (χ4n) is 16.0. The maximum Gasteiger partial charge on any atom is 0.0476 e. The Hall–Kier alpha value is -13.9. The number of nitrogens with one attached hydrogen (secondary N) is 1. The predicted molar refractivity (Wildman–Crippen MR) is 522 cm³/mol. The monoisotopic (exact) mass is 1660 g/mol. The summed E-state index contributed by atoms with van der Waals surface area (Å²) in [6.45, 7) is 0. The molecule has 18 aromatic carbocycles. The molecular formula is C108H75BrN6S4. The summed E-state index contributed by atoms with van der Waals surface area (Å²) in [6.07, 6.45) is 0. The summed E-state index contributed by atoms with van der Waals surface area (Å²) >= 11 is 11.0. The van der Waals surface area contributed by atoms with Crippen LogP contribution in [-0.4, -0.2) is 0 Å². The summed E-state index contributed by atoms with van der Waals surface area (Å²) < 4.78 is 11.4. The second-order valence-electron chi connectivity index (χ2n) is 29.0. The first-order valence-corrected chi connectivity index (χ1v) is 43.7. The standard InChI is InChI=1S/C54H37N3S2.C30H22N2S.C24H16BrNS/c1-6-16-38(17-7-1)55(39-18-8-2-9-19-39)43-28-32-51-49(34-43)47-30-26-45(36-53(47)58-51)57(42-24-14-5-15-25-42)46-27-31-48-50-35-44(29-33-52(50)59-54(48)37-46)56(40-20-10-3-11-21-40)41-22-12-4-13-23-41;1-4-10-22(11-5-1)31-23-16-18-27-28-21-26(17-19-29(28)33-30(27)20-23)32(24-12-6-2-7-13-24)25-14-8-3-9-15-25;25-17-11-13-21-22-16-20(12-14-23(22)27-24(21)15-17)26(18-7-3-1-4-8-18)19-9-5-2-6-10-19/h1-37H;1-21,31H;1-16H. The minimum atomic E-state index is 1.10. The van der Waals surface area contributed by atoms with Crippen LogP contribution in [0, 0.1) is 0 Å². The van der Waals surface area contributed by atoms with E-state index in [1.165, 1.54) is 86.4 Å². The zero-order valence-corrected chi connectivity index (χ0v) is 69.3. The molecule has 22 aromatic rings. The normalized spacial score (nSPS) is 11.2. The van der Waals surface area contributed by atoms with Gasteiger partial charge in [-0.05, 0) is 243 Å². The fraction of sp³-hybridized carbons (Fsp3) is 0. The van der Waals surface area contributed by atoms with Crippen LogP contribution in [0.2, 0.25) is 0 Å². The number of anilines is 17. The van der Waals surface area contributed by atoms with Crippen molar-refractivity contribution in [3.63, 3.8) is 0 Å². The van der Waals surface area contributed by atoms with Crippen molar-refractivity contribution in [1.82, 2.24) is 0 Å². The summed E-state index contributed by atoms with van der Waals surface area (Å²) in [5, 5.41) is 13.8. The summed E-state index contributed by atoms with van der Waals surface area (Å²) in [5.74, 6) is 0. The van der Waals surface area contributed by atoms with Crippen LogP contribution in [0.4, 0.5) is 96.7 Å². The second-order valence-corrected chi connectivity index (χ2v) is 34.3. The van der Waals surface area contributed by atoms with Gasteiger partial charge in [-0.2, -0.15) is 0 Å². The summed E-state index contributed by atoms with van der Waals surface area (Å²) in [4.78, 5) is 11.7. The zero-order valence-electron chi connectivity index (χ0n) is 64.5. The lowest BCUT2D eigenvalue weighted by molar-refractivity contribution is 1.29. The van der Waals surface area contributed by atoms with Crippen molar-refractivity contribution in [2.45, 2.75) is 0 Å². The molecule has 4 heterocycles. The topological polar surface area (TPSA) is 28.2 Å². The maximum absolute atomic E-state index is 3.59. The van der Waals surface area contributed by atoms with Gasteiger partial charge in [0.1, 0.15) is 0 Å². The molecule has 0 unspecified atom stereocenters. The molecule has 0 aliphatic carbocycles.